The number of ether oxygens (including phenoxy) is 1. The fourth-order valence-corrected chi connectivity index (χ4v) is 2.52. The predicted octanol–water partition coefficient (Wildman–Crippen LogP) is 4.23. The summed E-state index contributed by atoms with van der Waals surface area (Å²) < 4.78 is 5.86. The summed E-state index contributed by atoms with van der Waals surface area (Å²) in [5.74, 6) is 1.73. The Morgan fingerprint density at radius 2 is 1.84 bits per heavy atom. The number of aliphatic imine (C=N–C) groups is 1. The van der Waals surface area contributed by atoms with Gasteiger partial charge in [-0.2, -0.15) is 0 Å². The molecule has 0 saturated carbocycles. The average molecular weight is 251 g/mol. The van der Waals surface area contributed by atoms with E-state index < -0.39 is 0 Å². The molecule has 3 rings (SSSR count). The van der Waals surface area contributed by atoms with E-state index in [1.807, 2.05) is 36.4 Å². The Morgan fingerprint density at radius 1 is 1.05 bits per heavy atom. The molecular formula is C17H17NO. The van der Waals surface area contributed by atoms with Crippen LogP contribution in [0.25, 0.3) is 0 Å². The maximum Gasteiger partial charge on any atom is 0.128 e. The van der Waals surface area contributed by atoms with E-state index in [4.69, 9.17) is 4.74 Å². The van der Waals surface area contributed by atoms with Crippen molar-refractivity contribution in [2.45, 2.75) is 26.3 Å². The minimum atomic E-state index is 0.383. The molecule has 1 atom stereocenters. The molecule has 19 heavy (non-hydrogen) atoms. The highest BCUT2D eigenvalue weighted by atomic mass is 16.5. The average Bonchev–Trinajstić information content (AvgIpc) is 2.40. The molecule has 96 valence electrons. The van der Waals surface area contributed by atoms with Crippen LogP contribution in [0.1, 0.15) is 25.0 Å². The fraction of sp³-hybridized carbons (Fsp3) is 0.235. The van der Waals surface area contributed by atoms with Crippen molar-refractivity contribution < 1.29 is 4.74 Å². The molecule has 0 N–H and O–H groups in total. The molecule has 0 fully saturated rings. The molecule has 1 aliphatic heterocycles. The zero-order valence-electron chi connectivity index (χ0n) is 11.3. The van der Waals surface area contributed by atoms with Gasteiger partial charge in [-0.15, -0.1) is 0 Å². The molecule has 0 aliphatic carbocycles. The van der Waals surface area contributed by atoms with Gasteiger partial charge in [0.05, 0.1) is 6.04 Å². The van der Waals surface area contributed by atoms with Crippen molar-refractivity contribution in [3.05, 3.63) is 59.7 Å². The zero-order valence-corrected chi connectivity index (χ0v) is 11.3. The van der Waals surface area contributed by atoms with E-state index in [2.05, 4.69) is 31.0 Å². The van der Waals surface area contributed by atoms with Crippen LogP contribution in [-0.2, 0) is 6.42 Å². The minimum Gasteiger partial charge on any atom is -0.457 e. The van der Waals surface area contributed by atoms with Crippen LogP contribution in [0.15, 0.2) is 53.5 Å². The first-order valence-corrected chi connectivity index (χ1v) is 6.63. The van der Waals surface area contributed by atoms with Crippen molar-refractivity contribution in [3.63, 3.8) is 0 Å². The van der Waals surface area contributed by atoms with E-state index in [0.29, 0.717) is 6.04 Å². The van der Waals surface area contributed by atoms with Crippen LogP contribution in [0, 0.1) is 0 Å². The molecule has 0 bridgehead atoms. The lowest BCUT2D eigenvalue weighted by atomic mass is 9.95. The lowest BCUT2D eigenvalue weighted by Crippen LogP contribution is -2.16. The number of hydrogen-bond acceptors (Lipinski definition) is 2. The number of para-hydroxylation sites is 1. The van der Waals surface area contributed by atoms with Crippen LogP contribution >= 0.6 is 0 Å². The van der Waals surface area contributed by atoms with Crippen molar-refractivity contribution in [3.8, 4) is 11.5 Å². The van der Waals surface area contributed by atoms with E-state index in [9.17, 15) is 0 Å². The SMILES string of the molecule is CC1=NC(C)Cc2ccc(Oc3ccccc3)cc21. The van der Waals surface area contributed by atoms with Gasteiger partial charge < -0.3 is 4.74 Å². The Balaban J connectivity index is 1.91. The lowest BCUT2D eigenvalue weighted by molar-refractivity contribution is 0.482. The normalized spacial score (nSPS) is 17.6. The molecule has 0 spiro atoms. The molecule has 2 aromatic carbocycles. The van der Waals surface area contributed by atoms with Gasteiger partial charge in [-0.3, -0.25) is 4.99 Å². The van der Waals surface area contributed by atoms with E-state index in [1.165, 1.54) is 11.1 Å². The summed E-state index contributed by atoms with van der Waals surface area (Å²) in [7, 11) is 0. The summed E-state index contributed by atoms with van der Waals surface area (Å²) in [6.45, 7) is 4.22. The Morgan fingerprint density at radius 3 is 2.63 bits per heavy atom. The fourth-order valence-electron chi connectivity index (χ4n) is 2.52. The number of rotatable bonds is 2. The van der Waals surface area contributed by atoms with Crippen LogP contribution in [0.4, 0.5) is 0 Å². The molecule has 0 amide bonds. The first kappa shape index (κ1) is 12.0. The van der Waals surface area contributed by atoms with E-state index in [1.54, 1.807) is 0 Å². The summed E-state index contributed by atoms with van der Waals surface area (Å²) in [6, 6.07) is 16.5. The van der Waals surface area contributed by atoms with Gasteiger partial charge in [0, 0.05) is 11.3 Å². The number of fused-ring (bicyclic) bond motifs is 1. The largest absolute Gasteiger partial charge is 0.457 e. The van der Waals surface area contributed by atoms with Crippen molar-refractivity contribution in [2.24, 2.45) is 4.99 Å². The van der Waals surface area contributed by atoms with Gasteiger partial charge in [0.2, 0.25) is 0 Å². The second-order valence-electron chi connectivity index (χ2n) is 5.00. The number of benzene rings is 2. The Bertz CT molecular complexity index is 616. The molecule has 0 saturated heterocycles. The van der Waals surface area contributed by atoms with Crippen molar-refractivity contribution in [1.29, 1.82) is 0 Å². The summed E-state index contributed by atoms with van der Waals surface area (Å²) >= 11 is 0. The van der Waals surface area contributed by atoms with Crippen LogP contribution in [0.5, 0.6) is 11.5 Å². The third kappa shape index (κ3) is 2.53. The third-order valence-corrected chi connectivity index (χ3v) is 3.38. The number of hydrogen-bond donors (Lipinski definition) is 0. The lowest BCUT2D eigenvalue weighted by Gasteiger charge is -2.20. The van der Waals surface area contributed by atoms with Gasteiger partial charge in [0.1, 0.15) is 11.5 Å². The summed E-state index contributed by atoms with van der Waals surface area (Å²) in [6.07, 6.45) is 1.01. The van der Waals surface area contributed by atoms with E-state index in [-0.39, 0.29) is 0 Å². The summed E-state index contributed by atoms with van der Waals surface area (Å²) in [5.41, 5.74) is 3.68. The maximum absolute atomic E-state index is 5.86. The predicted molar refractivity (Wildman–Crippen MR) is 78.3 cm³/mol. The van der Waals surface area contributed by atoms with Gasteiger partial charge >= 0.3 is 0 Å². The molecule has 1 unspecified atom stereocenters. The summed E-state index contributed by atoms with van der Waals surface area (Å²) in [4.78, 5) is 4.63. The van der Waals surface area contributed by atoms with Crippen LogP contribution in [0.2, 0.25) is 0 Å². The molecule has 2 heteroatoms. The van der Waals surface area contributed by atoms with Crippen molar-refractivity contribution in [1.82, 2.24) is 0 Å². The van der Waals surface area contributed by atoms with E-state index in [0.717, 1.165) is 23.6 Å². The molecular weight excluding hydrogens is 234 g/mol. The summed E-state index contributed by atoms with van der Waals surface area (Å²) in [5, 5.41) is 0. The maximum atomic E-state index is 5.86. The molecule has 1 aliphatic rings. The number of nitrogens with zero attached hydrogens (tertiary/aromatic N) is 1. The second kappa shape index (κ2) is 4.88. The van der Waals surface area contributed by atoms with Gasteiger partial charge in [0.15, 0.2) is 0 Å². The molecule has 0 aromatic heterocycles. The van der Waals surface area contributed by atoms with Crippen LogP contribution in [0.3, 0.4) is 0 Å². The van der Waals surface area contributed by atoms with Crippen LogP contribution < -0.4 is 4.74 Å². The van der Waals surface area contributed by atoms with Gasteiger partial charge in [-0.05, 0) is 50.1 Å². The Hall–Kier alpha value is -2.09. The molecule has 2 aromatic rings. The topological polar surface area (TPSA) is 21.6 Å². The molecule has 1 heterocycles. The highest BCUT2D eigenvalue weighted by Crippen LogP contribution is 2.27. The smallest absolute Gasteiger partial charge is 0.128 e. The third-order valence-electron chi connectivity index (χ3n) is 3.38. The molecule has 0 radical (unpaired) electrons. The van der Waals surface area contributed by atoms with Crippen LogP contribution in [-0.4, -0.2) is 11.8 Å². The standard InChI is InChI=1S/C17H17NO/c1-12-10-14-8-9-16(11-17(14)13(2)18-12)19-15-6-4-3-5-7-15/h3-9,11-12H,10H2,1-2H3. The monoisotopic (exact) mass is 251 g/mol. The highest BCUT2D eigenvalue weighted by Gasteiger charge is 2.16. The Labute approximate surface area is 113 Å². The van der Waals surface area contributed by atoms with Crippen molar-refractivity contribution in [2.75, 3.05) is 0 Å². The van der Waals surface area contributed by atoms with Gasteiger partial charge in [-0.1, -0.05) is 24.3 Å². The second-order valence-corrected chi connectivity index (χ2v) is 5.00. The first-order valence-electron chi connectivity index (χ1n) is 6.63. The Kier molecular flexibility index (Phi) is 3.08. The first-order chi connectivity index (χ1) is 9.22. The quantitative estimate of drug-likeness (QED) is 0.782. The van der Waals surface area contributed by atoms with Gasteiger partial charge in [0.25, 0.3) is 0 Å². The zero-order chi connectivity index (χ0) is 13.2. The van der Waals surface area contributed by atoms with Crippen molar-refractivity contribution >= 4 is 5.71 Å². The minimum absolute atomic E-state index is 0.383. The molecule has 2 nitrogen and oxygen atoms in total. The van der Waals surface area contributed by atoms with Gasteiger partial charge in [-0.25, -0.2) is 0 Å². The highest BCUT2D eigenvalue weighted by molar-refractivity contribution is 6.01. The van der Waals surface area contributed by atoms with E-state index >= 15 is 0 Å².